The first-order valence-electron chi connectivity index (χ1n) is 6.81. The lowest BCUT2D eigenvalue weighted by Gasteiger charge is -2.07. The summed E-state index contributed by atoms with van der Waals surface area (Å²) in [6.45, 7) is 2.20. The summed E-state index contributed by atoms with van der Waals surface area (Å²) in [5, 5.41) is 6.89. The molecule has 0 saturated carbocycles. The van der Waals surface area contributed by atoms with E-state index in [-0.39, 0.29) is 24.0 Å². The number of benzene rings is 3. The molecule has 0 aliphatic rings. The van der Waals surface area contributed by atoms with Crippen LogP contribution in [0, 0.1) is 6.92 Å². The Morgan fingerprint density at radius 1 is 0.810 bits per heavy atom. The molecule has 0 atom stereocenters. The second-order valence-electron chi connectivity index (χ2n) is 5.37. The molecule has 1 N–H and O–H groups in total. The van der Waals surface area contributed by atoms with E-state index in [2.05, 4.69) is 60.6 Å². The number of nitrogens with one attached hydrogen (secondary N) is 1. The molecule has 0 amide bonds. The molecule has 0 aliphatic carbocycles. The Morgan fingerprint density at radius 2 is 1.52 bits per heavy atom. The molecule has 102 valence electrons. The molecular weight excluding hydrogens is 389 g/mol. The molecule has 5 aromatic rings. The third kappa shape index (κ3) is 1.59. The highest BCUT2D eigenvalue weighted by molar-refractivity contribution is 7.26. The average molecular weight is 401 g/mol. The number of rotatable bonds is 0. The van der Waals surface area contributed by atoms with Crippen LogP contribution in [-0.2, 0) is 0 Å². The first-order chi connectivity index (χ1) is 9.84. The molecule has 0 unspecified atom stereocenters. The van der Waals surface area contributed by atoms with Gasteiger partial charge in [-0.1, -0.05) is 30.3 Å². The largest absolute Gasteiger partial charge is 1.00 e. The maximum Gasteiger partial charge on any atom is 0.221 e. The number of aromatic nitrogens is 1. The van der Waals surface area contributed by atoms with Crippen LogP contribution in [0.1, 0.15) is 5.56 Å². The zero-order valence-corrected chi connectivity index (χ0v) is 14.4. The summed E-state index contributed by atoms with van der Waals surface area (Å²) >= 11 is 1.89. The molecule has 0 fully saturated rings. The topological polar surface area (TPSA) is 14.1 Å². The number of hydrogen-bond donors (Lipinski definition) is 0. The van der Waals surface area contributed by atoms with E-state index in [9.17, 15) is 0 Å². The molecule has 21 heavy (non-hydrogen) atoms. The standard InChI is InChI=1S/C18H11NS.HI/c1-10-4-2-5-11-12-6-3-7-13-16(12)17-14(20-13)8-9-19-18(17)15(10)11;/h2-9H,1H3;1H. The minimum absolute atomic E-state index is 0. The van der Waals surface area contributed by atoms with Gasteiger partial charge in [0.1, 0.15) is 0 Å². The number of thiophene rings is 1. The Morgan fingerprint density at radius 3 is 2.38 bits per heavy atom. The van der Waals surface area contributed by atoms with Crippen molar-refractivity contribution < 1.29 is 29.0 Å². The van der Waals surface area contributed by atoms with Crippen LogP contribution in [0.4, 0.5) is 0 Å². The van der Waals surface area contributed by atoms with Gasteiger partial charge in [0.05, 0.1) is 10.8 Å². The van der Waals surface area contributed by atoms with Crippen LogP contribution < -0.4 is 29.0 Å². The minimum Gasteiger partial charge on any atom is -1.00 e. The van der Waals surface area contributed by atoms with E-state index in [0.29, 0.717) is 0 Å². The fourth-order valence-corrected chi connectivity index (χ4v) is 4.59. The van der Waals surface area contributed by atoms with Crippen molar-refractivity contribution in [1.29, 1.82) is 0 Å². The zero-order valence-electron chi connectivity index (χ0n) is 11.4. The van der Waals surface area contributed by atoms with Gasteiger partial charge in [0.15, 0.2) is 6.20 Å². The predicted molar refractivity (Wildman–Crippen MR) is 86.8 cm³/mol. The maximum atomic E-state index is 3.49. The van der Waals surface area contributed by atoms with Gasteiger partial charge in [0.2, 0.25) is 5.52 Å². The molecule has 3 heteroatoms. The summed E-state index contributed by atoms with van der Waals surface area (Å²) in [5.74, 6) is 0. The van der Waals surface area contributed by atoms with E-state index in [0.717, 1.165) is 0 Å². The highest BCUT2D eigenvalue weighted by atomic mass is 127. The molecule has 0 radical (unpaired) electrons. The maximum absolute atomic E-state index is 3.49. The van der Waals surface area contributed by atoms with Gasteiger partial charge in [0, 0.05) is 20.9 Å². The van der Waals surface area contributed by atoms with Crippen LogP contribution in [-0.4, -0.2) is 0 Å². The van der Waals surface area contributed by atoms with Gasteiger partial charge in [-0.2, -0.15) is 0 Å². The van der Waals surface area contributed by atoms with Crippen LogP contribution >= 0.6 is 11.3 Å². The van der Waals surface area contributed by atoms with Gasteiger partial charge in [-0.15, -0.1) is 11.3 Å². The van der Waals surface area contributed by atoms with Crippen LogP contribution in [0.25, 0.3) is 41.8 Å². The number of H-pyrrole nitrogens is 1. The molecule has 1 nitrogen and oxygen atoms in total. The average Bonchev–Trinajstić information content (AvgIpc) is 2.85. The highest BCUT2D eigenvalue weighted by Gasteiger charge is 2.19. The fourth-order valence-electron chi connectivity index (χ4n) is 3.45. The second-order valence-corrected chi connectivity index (χ2v) is 6.45. The molecule has 3 aromatic carbocycles. The van der Waals surface area contributed by atoms with E-state index >= 15 is 0 Å². The molecule has 0 aliphatic heterocycles. The number of halogens is 1. The molecule has 0 saturated heterocycles. The number of fused-ring (bicyclic) bond motifs is 3. The fraction of sp³-hybridized carbons (Fsp3) is 0.0556. The summed E-state index contributed by atoms with van der Waals surface area (Å²) in [5.41, 5.74) is 2.61. The van der Waals surface area contributed by atoms with Crippen LogP contribution in [0.15, 0.2) is 48.7 Å². The number of aromatic amines is 1. The quantitative estimate of drug-likeness (QED) is 0.278. The SMILES string of the molecule is Cc1cccc2c3cccc4sc5cc[nH+]c(c12)c5c43.[I-]. The smallest absolute Gasteiger partial charge is 0.221 e. The Kier molecular flexibility index (Phi) is 2.84. The predicted octanol–water partition coefficient (Wildman–Crippen LogP) is 1.93. The minimum atomic E-state index is 0. The van der Waals surface area contributed by atoms with Gasteiger partial charge >= 0.3 is 0 Å². The molecule has 0 bridgehead atoms. The molecule has 2 heterocycles. The summed E-state index contributed by atoms with van der Waals surface area (Å²) in [7, 11) is 0. The molecule has 5 rings (SSSR count). The van der Waals surface area contributed by atoms with Gasteiger partial charge in [-0.05, 0) is 29.3 Å². The number of aryl methyl sites for hydroxylation is 1. The van der Waals surface area contributed by atoms with Crippen molar-refractivity contribution in [2.24, 2.45) is 0 Å². The van der Waals surface area contributed by atoms with Crippen molar-refractivity contribution >= 4 is 53.2 Å². The van der Waals surface area contributed by atoms with E-state index in [4.69, 9.17) is 0 Å². The lowest BCUT2D eigenvalue weighted by atomic mass is 9.95. The number of hydrogen-bond acceptors (Lipinski definition) is 1. The third-order valence-corrected chi connectivity index (χ3v) is 5.39. The van der Waals surface area contributed by atoms with Gasteiger partial charge in [-0.3, -0.25) is 0 Å². The molecular formula is C18H12INS. The van der Waals surface area contributed by atoms with Gasteiger partial charge in [0.25, 0.3) is 0 Å². The Hall–Kier alpha value is -1.46. The van der Waals surface area contributed by atoms with Crippen LogP contribution in [0.2, 0.25) is 0 Å². The van der Waals surface area contributed by atoms with Crippen molar-refractivity contribution in [3.8, 4) is 0 Å². The van der Waals surface area contributed by atoms with Crippen molar-refractivity contribution in [3.05, 3.63) is 54.2 Å². The first kappa shape index (κ1) is 13.2. The van der Waals surface area contributed by atoms with Crippen molar-refractivity contribution in [1.82, 2.24) is 0 Å². The van der Waals surface area contributed by atoms with Crippen LogP contribution in [0.3, 0.4) is 0 Å². The zero-order chi connectivity index (χ0) is 13.3. The molecule has 0 spiro atoms. The van der Waals surface area contributed by atoms with Crippen molar-refractivity contribution in [2.75, 3.05) is 0 Å². The molecule has 2 aromatic heterocycles. The summed E-state index contributed by atoms with van der Waals surface area (Å²) in [6.07, 6.45) is 2.06. The van der Waals surface area contributed by atoms with E-state index in [1.165, 1.54) is 47.4 Å². The Bertz CT molecular complexity index is 1110. The van der Waals surface area contributed by atoms with E-state index in [1.807, 2.05) is 11.3 Å². The summed E-state index contributed by atoms with van der Waals surface area (Å²) < 4.78 is 2.75. The monoisotopic (exact) mass is 401 g/mol. The summed E-state index contributed by atoms with van der Waals surface area (Å²) in [6, 6.07) is 15.4. The Balaban J connectivity index is 0.00000115. The normalized spacial score (nSPS) is 11.7. The number of pyridine rings is 1. The van der Waals surface area contributed by atoms with Crippen LogP contribution in [0.5, 0.6) is 0 Å². The van der Waals surface area contributed by atoms with Gasteiger partial charge in [-0.25, -0.2) is 4.98 Å². The van der Waals surface area contributed by atoms with Crippen molar-refractivity contribution in [3.63, 3.8) is 0 Å². The second kappa shape index (κ2) is 4.52. The third-order valence-electron chi connectivity index (χ3n) is 4.27. The summed E-state index contributed by atoms with van der Waals surface area (Å²) in [4.78, 5) is 3.49. The highest BCUT2D eigenvalue weighted by Crippen LogP contribution is 2.43. The van der Waals surface area contributed by atoms with Crippen molar-refractivity contribution in [2.45, 2.75) is 6.92 Å². The Labute approximate surface area is 143 Å². The lowest BCUT2D eigenvalue weighted by Crippen LogP contribution is -3.00. The van der Waals surface area contributed by atoms with Gasteiger partial charge < -0.3 is 24.0 Å². The lowest BCUT2D eigenvalue weighted by molar-refractivity contribution is -0.343. The first-order valence-corrected chi connectivity index (χ1v) is 7.62. The van der Waals surface area contributed by atoms with E-state index in [1.54, 1.807) is 0 Å². The van der Waals surface area contributed by atoms with E-state index < -0.39 is 0 Å².